The highest BCUT2D eigenvalue weighted by Gasteiger charge is 2.30. The number of carbonyl (C=O) groups excluding carboxylic acids is 1. The molecule has 1 N–H and O–H groups in total. The van der Waals surface area contributed by atoms with Crippen molar-refractivity contribution in [2.75, 3.05) is 0 Å². The van der Waals surface area contributed by atoms with Crippen molar-refractivity contribution in [3.05, 3.63) is 30.3 Å². The fourth-order valence-electron chi connectivity index (χ4n) is 1.91. The summed E-state index contributed by atoms with van der Waals surface area (Å²) in [5.41, 5.74) is -0.671. The van der Waals surface area contributed by atoms with E-state index in [0.29, 0.717) is 12.8 Å². The summed E-state index contributed by atoms with van der Waals surface area (Å²) in [6.07, 6.45) is 1.18. The number of benzene rings is 1. The van der Waals surface area contributed by atoms with Gasteiger partial charge in [-0.1, -0.05) is 38.0 Å². The molecule has 0 aliphatic heterocycles. The van der Waals surface area contributed by atoms with Crippen LogP contribution in [0.3, 0.4) is 0 Å². The molecule has 0 heterocycles. The van der Waals surface area contributed by atoms with Crippen molar-refractivity contribution < 1.29 is 17.9 Å². The summed E-state index contributed by atoms with van der Waals surface area (Å²) in [6, 6.07) is 8.14. The molecule has 124 valence electrons. The first-order chi connectivity index (χ1) is 10.2. The maximum Gasteiger partial charge on any atom is 0.408 e. The molecule has 1 atom stereocenters. The average Bonchev–Trinajstić information content (AvgIpc) is 2.42. The molecule has 1 rings (SSSR count). The Morgan fingerprint density at radius 1 is 1.23 bits per heavy atom. The first kappa shape index (κ1) is 18.5. The number of ether oxygens (including phenoxy) is 1. The Morgan fingerprint density at radius 2 is 1.82 bits per heavy atom. The second-order valence-electron chi connectivity index (χ2n) is 6.14. The number of unbranched alkanes of at least 4 members (excludes halogenated alkanes) is 1. The molecule has 0 saturated heterocycles. The van der Waals surface area contributed by atoms with Gasteiger partial charge in [0.25, 0.3) is 0 Å². The van der Waals surface area contributed by atoms with Crippen molar-refractivity contribution in [2.24, 2.45) is 0 Å². The third-order valence-electron chi connectivity index (χ3n) is 2.94. The lowest BCUT2D eigenvalue weighted by molar-refractivity contribution is 0.0518. The molecule has 1 amide bonds. The summed E-state index contributed by atoms with van der Waals surface area (Å²) in [5.74, 6) is 0. The quantitative estimate of drug-likeness (QED) is 0.868. The van der Waals surface area contributed by atoms with Crippen molar-refractivity contribution in [1.29, 1.82) is 0 Å². The van der Waals surface area contributed by atoms with Crippen molar-refractivity contribution >= 4 is 15.9 Å². The standard InChI is InChI=1S/C16H25NO4S/c1-5-6-12-14(17-15(18)21-16(2,3)4)22(19,20)13-10-8-7-9-11-13/h7-11,14H,5-6,12H2,1-4H3,(H,17,18). The van der Waals surface area contributed by atoms with Crippen LogP contribution < -0.4 is 5.32 Å². The summed E-state index contributed by atoms with van der Waals surface area (Å²) >= 11 is 0. The molecule has 22 heavy (non-hydrogen) atoms. The van der Waals surface area contributed by atoms with Crippen LogP contribution in [0.2, 0.25) is 0 Å². The van der Waals surface area contributed by atoms with Gasteiger partial charge in [0.05, 0.1) is 4.90 Å². The summed E-state index contributed by atoms with van der Waals surface area (Å²) in [7, 11) is -3.64. The molecule has 0 spiro atoms. The van der Waals surface area contributed by atoms with E-state index in [-0.39, 0.29) is 4.90 Å². The van der Waals surface area contributed by atoms with Gasteiger partial charge < -0.3 is 10.1 Å². The zero-order valence-corrected chi connectivity index (χ0v) is 14.4. The van der Waals surface area contributed by atoms with Crippen LogP contribution >= 0.6 is 0 Å². The van der Waals surface area contributed by atoms with Crippen LogP contribution in [0, 0.1) is 0 Å². The Morgan fingerprint density at radius 3 is 2.32 bits per heavy atom. The number of nitrogens with one attached hydrogen (secondary N) is 1. The number of carbonyl (C=O) groups is 1. The van der Waals surface area contributed by atoms with Crippen LogP contribution in [0.1, 0.15) is 47.0 Å². The lowest BCUT2D eigenvalue weighted by Gasteiger charge is -2.23. The molecule has 1 unspecified atom stereocenters. The van der Waals surface area contributed by atoms with Gasteiger partial charge in [0.2, 0.25) is 0 Å². The fraction of sp³-hybridized carbons (Fsp3) is 0.562. The second kappa shape index (κ2) is 7.63. The Bertz CT molecular complexity index is 576. The summed E-state index contributed by atoms with van der Waals surface area (Å²) in [5, 5.41) is 1.52. The van der Waals surface area contributed by atoms with Crippen molar-refractivity contribution in [1.82, 2.24) is 5.32 Å². The van der Waals surface area contributed by atoms with Crippen LogP contribution in [-0.2, 0) is 14.6 Å². The minimum Gasteiger partial charge on any atom is -0.444 e. The molecular weight excluding hydrogens is 302 g/mol. The predicted molar refractivity (Wildman–Crippen MR) is 86.3 cm³/mol. The number of amides is 1. The molecular formula is C16H25NO4S. The summed E-state index contributed by atoms with van der Waals surface area (Å²) in [6.45, 7) is 7.18. The van der Waals surface area contributed by atoms with E-state index in [0.717, 1.165) is 6.42 Å². The molecule has 6 heteroatoms. The molecule has 0 aromatic heterocycles. The van der Waals surface area contributed by atoms with Gasteiger partial charge in [-0.05, 0) is 39.3 Å². The maximum atomic E-state index is 12.7. The minimum absolute atomic E-state index is 0.201. The van der Waals surface area contributed by atoms with Crippen LogP contribution in [0.15, 0.2) is 35.2 Å². The number of hydrogen-bond acceptors (Lipinski definition) is 4. The molecule has 0 aliphatic rings. The molecule has 0 saturated carbocycles. The van der Waals surface area contributed by atoms with Gasteiger partial charge in [-0.25, -0.2) is 13.2 Å². The fourth-order valence-corrected chi connectivity index (χ4v) is 3.50. The Labute approximate surface area is 133 Å². The minimum atomic E-state index is -3.64. The van der Waals surface area contributed by atoms with E-state index >= 15 is 0 Å². The zero-order valence-electron chi connectivity index (χ0n) is 13.6. The maximum absolute atomic E-state index is 12.7. The van der Waals surface area contributed by atoms with E-state index in [9.17, 15) is 13.2 Å². The molecule has 1 aromatic rings. The van der Waals surface area contributed by atoms with Crippen molar-refractivity contribution in [3.8, 4) is 0 Å². The van der Waals surface area contributed by atoms with E-state index in [1.165, 1.54) is 12.1 Å². The van der Waals surface area contributed by atoms with E-state index in [1.54, 1.807) is 39.0 Å². The summed E-state index contributed by atoms with van der Waals surface area (Å²) < 4.78 is 30.5. The Balaban J connectivity index is 2.95. The van der Waals surface area contributed by atoms with Gasteiger partial charge in [-0.2, -0.15) is 0 Å². The van der Waals surface area contributed by atoms with E-state index in [1.807, 2.05) is 6.92 Å². The third-order valence-corrected chi connectivity index (χ3v) is 4.98. The van der Waals surface area contributed by atoms with Gasteiger partial charge in [0.1, 0.15) is 11.0 Å². The second-order valence-corrected chi connectivity index (χ2v) is 8.27. The van der Waals surface area contributed by atoms with Crippen LogP contribution in [0.4, 0.5) is 4.79 Å². The molecule has 0 aliphatic carbocycles. The lowest BCUT2D eigenvalue weighted by atomic mass is 10.2. The number of alkyl carbamates (subject to hydrolysis) is 1. The van der Waals surface area contributed by atoms with E-state index in [2.05, 4.69) is 5.32 Å². The van der Waals surface area contributed by atoms with Gasteiger partial charge >= 0.3 is 6.09 Å². The van der Waals surface area contributed by atoms with E-state index < -0.39 is 26.9 Å². The number of rotatable bonds is 6. The molecule has 0 radical (unpaired) electrons. The molecule has 1 aromatic carbocycles. The van der Waals surface area contributed by atoms with Gasteiger partial charge in [0, 0.05) is 0 Å². The SMILES string of the molecule is CCCCC(NC(=O)OC(C)(C)C)S(=O)(=O)c1ccccc1. The largest absolute Gasteiger partial charge is 0.444 e. The van der Waals surface area contributed by atoms with Crippen LogP contribution in [0.5, 0.6) is 0 Å². The third kappa shape index (κ3) is 5.67. The van der Waals surface area contributed by atoms with Gasteiger partial charge in [0.15, 0.2) is 9.84 Å². The molecule has 0 bridgehead atoms. The highest BCUT2D eigenvalue weighted by atomic mass is 32.2. The highest BCUT2D eigenvalue weighted by molar-refractivity contribution is 7.92. The van der Waals surface area contributed by atoms with Crippen LogP contribution in [-0.4, -0.2) is 25.5 Å². The average molecular weight is 327 g/mol. The highest BCUT2D eigenvalue weighted by Crippen LogP contribution is 2.19. The first-order valence-corrected chi connectivity index (χ1v) is 9.00. The van der Waals surface area contributed by atoms with Gasteiger partial charge in [-0.15, -0.1) is 0 Å². The topological polar surface area (TPSA) is 72.5 Å². The van der Waals surface area contributed by atoms with Crippen LogP contribution in [0.25, 0.3) is 0 Å². The first-order valence-electron chi connectivity index (χ1n) is 7.45. The summed E-state index contributed by atoms with van der Waals surface area (Å²) in [4.78, 5) is 12.1. The monoisotopic (exact) mass is 327 g/mol. The molecule has 0 fully saturated rings. The lowest BCUT2D eigenvalue weighted by Crippen LogP contribution is -2.43. The number of hydrogen-bond donors (Lipinski definition) is 1. The van der Waals surface area contributed by atoms with E-state index in [4.69, 9.17) is 4.74 Å². The van der Waals surface area contributed by atoms with Crippen molar-refractivity contribution in [2.45, 2.75) is 62.8 Å². The zero-order chi connectivity index (χ0) is 16.8. The number of sulfone groups is 1. The van der Waals surface area contributed by atoms with Gasteiger partial charge in [-0.3, -0.25) is 0 Å². The Hall–Kier alpha value is -1.56. The predicted octanol–water partition coefficient (Wildman–Crippen LogP) is 3.50. The van der Waals surface area contributed by atoms with Crippen molar-refractivity contribution in [3.63, 3.8) is 0 Å². The normalized spacial score (nSPS) is 13.5. The smallest absolute Gasteiger partial charge is 0.408 e. The molecule has 5 nitrogen and oxygen atoms in total. The Kier molecular flexibility index (Phi) is 6.41.